The van der Waals surface area contributed by atoms with Crippen molar-refractivity contribution in [3.8, 4) is 0 Å². The van der Waals surface area contributed by atoms with E-state index in [1.54, 1.807) is 11.6 Å². The Balaban J connectivity index is 2.61. The van der Waals surface area contributed by atoms with Gasteiger partial charge in [0, 0.05) is 25.4 Å². The molecule has 2 amide bonds. The standard InChI is InChI=1S/C13H22N4O3/c1-5-10-9(8-17(4)16-10)7-14-12(20)15-13(3,6-2)11(18)19/h8H,5-7H2,1-4H3,(H,18,19)(H2,14,15,20). The molecule has 20 heavy (non-hydrogen) atoms. The van der Waals surface area contributed by atoms with Crippen molar-refractivity contribution in [1.82, 2.24) is 20.4 Å². The molecule has 0 aliphatic heterocycles. The average molecular weight is 282 g/mol. The van der Waals surface area contributed by atoms with E-state index in [0.717, 1.165) is 17.7 Å². The monoisotopic (exact) mass is 282 g/mol. The van der Waals surface area contributed by atoms with Crippen LogP contribution in [0.1, 0.15) is 38.4 Å². The first kappa shape index (κ1) is 16.0. The van der Waals surface area contributed by atoms with Gasteiger partial charge in [0.2, 0.25) is 0 Å². The number of carboxylic acids is 1. The molecule has 0 fully saturated rings. The molecular formula is C13H22N4O3. The van der Waals surface area contributed by atoms with Gasteiger partial charge in [-0.05, 0) is 19.8 Å². The van der Waals surface area contributed by atoms with Crippen LogP contribution in [0.3, 0.4) is 0 Å². The number of amides is 2. The molecule has 1 aromatic heterocycles. The minimum absolute atomic E-state index is 0.308. The van der Waals surface area contributed by atoms with Crippen LogP contribution >= 0.6 is 0 Å². The number of urea groups is 1. The number of carbonyl (C=O) groups is 2. The van der Waals surface area contributed by atoms with E-state index in [4.69, 9.17) is 5.11 Å². The minimum atomic E-state index is -1.26. The summed E-state index contributed by atoms with van der Waals surface area (Å²) < 4.78 is 1.70. The van der Waals surface area contributed by atoms with Gasteiger partial charge in [-0.1, -0.05) is 13.8 Å². The van der Waals surface area contributed by atoms with Crippen LogP contribution in [0.15, 0.2) is 6.20 Å². The van der Waals surface area contributed by atoms with Crippen LogP contribution in [0.5, 0.6) is 0 Å². The topological polar surface area (TPSA) is 96.3 Å². The van der Waals surface area contributed by atoms with Crippen LogP contribution in [0.25, 0.3) is 0 Å². The first-order valence-electron chi connectivity index (χ1n) is 6.63. The summed E-state index contributed by atoms with van der Waals surface area (Å²) in [6, 6.07) is -0.498. The number of carbonyl (C=O) groups excluding carboxylic acids is 1. The highest BCUT2D eigenvalue weighted by Gasteiger charge is 2.32. The van der Waals surface area contributed by atoms with Gasteiger partial charge < -0.3 is 15.7 Å². The molecule has 7 heteroatoms. The van der Waals surface area contributed by atoms with Crippen molar-refractivity contribution in [2.24, 2.45) is 7.05 Å². The van der Waals surface area contributed by atoms with Gasteiger partial charge in [0.25, 0.3) is 0 Å². The van der Waals surface area contributed by atoms with Crippen molar-refractivity contribution >= 4 is 12.0 Å². The molecule has 1 atom stereocenters. The lowest BCUT2D eigenvalue weighted by atomic mass is 10.00. The number of nitrogens with one attached hydrogen (secondary N) is 2. The Labute approximate surface area is 118 Å². The number of nitrogens with zero attached hydrogens (tertiary/aromatic N) is 2. The quantitative estimate of drug-likeness (QED) is 0.726. The van der Waals surface area contributed by atoms with Crippen LogP contribution in [-0.2, 0) is 24.8 Å². The van der Waals surface area contributed by atoms with Crippen LogP contribution in [0.4, 0.5) is 4.79 Å². The molecule has 1 unspecified atom stereocenters. The number of hydrogen-bond donors (Lipinski definition) is 3. The molecule has 7 nitrogen and oxygen atoms in total. The fraction of sp³-hybridized carbons (Fsp3) is 0.615. The summed E-state index contributed by atoms with van der Waals surface area (Å²) in [5.41, 5.74) is 0.593. The van der Waals surface area contributed by atoms with Gasteiger partial charge >= 0.3 is 12.0 Å². The lowest BCUT2D eigenvalue weighted by molar-refractivity contribution is -0.143. The highest BCUT2D eigenvalue weighted by Crippen LogP contribution is 2.09. The van der Waals surface area contributed by atoms with Crippen LogP contribution in [0, 0.1) is 0 Å². The molecule has 1 rings (SSSR count). The molecule has 0 bridgehead atoms. The molecular weight excluding hydrogens is 260 g/mol. The largest absolute Gasteiger partial charge is 0.480 e. The molecule has 0 spiro atoms. The minimum Gasteiger partial charge on any atom is -0.480 e. The Morgan fingerprint density at radius 1 is 1.45 bits per heavy atom. The lowest BCUT2D eigenvalue weighted by Crippen LogP contribution is -2.54. The fourth-order valence-electron chi connectivity index (χ4n) is 1.79. The van der Waals surface area contributed by atoms with Crippen molar-refractivity contribution in [2.45, 2.75) is 45.7 Å². The van der Waals surface area contributed by atoms with E-state index in [2.05, 4.69) is 15.7 Å². The summed E-state index contributed by atoms with van der Waals surface area (Å²) in [5.74, 6) is -1.05. The average Bonchev–Trinajstić information content (AvgIpc) is 2.76. The van der Waals surface area contributed by atoms with E-state index in [1.807, 2.05) is 20.2 Å². The SMILES string of the molecule is CCc1nn(C)cc1CNC(=O)NC(C)(CC)C(=O)O. The van der Waals surface area contributed by atoms with Crippen molar-refractivity contribution in [2.75, 3.05) is 0 Å². The van der Waals surface area contributed by atoms with E-state index in [1.165, 1.54) is 6.92 Å². The second kappa shape index (κ2) is 6.40. The Morgan fingerprint density at radius 2 is 2.10 bits per heavy atom. The normalized spacial score (nSPS) is 13.6. The van der Waals surface area contributed by atoms with Gasteiger partial charge in [0.15, 0.2) is 0 Å². The number of rotatable bonds is 6. The molecule has 1 aromatic rings. The first-order valence-corrected chi connectivity index (χ1v) is 6.63. The molecule has 0 aliphatic rings. The maximum atomic E-state index is 11.8. The number of carboxylic acid groups (broad SMARTS) is 1. The zero-order chi connectivity index (χ0) is 15.3. The van der Waals surface area contributed by atoms with Gasteiger partial charge in [-0.2, -0.15) is 5.10 Å². The zero-order valence-corrected chi connectivity index (χ0v) is 12.4. The van der Waals surface area contributed by atoms with Crippen molar-refractivity contribution in [3.63, 3.8) is 0 Å². The van der Waals surface area contributed by atoms with Gasteiger partial charge in [-0.15, -0.1) is 0 Å². The Bertz CT molecular complexity index is 498. The maximum Gasteiger partial charge on any atom is 0.329 e. The molecule has 0 aromatic carbocycles. The van der Waals surface area contributed by atoms with Crippen molar-refractivity contribution < 1.29 is 14.7 Å². The number of aryl methyl sites for hydroxylation is 2. The molecule has 0 saturated carbocycles. The van der Waals surface area contributed by atoms with E-state index >= 15 is 0 Å². The molecule has 112 valence electrons. The van der Waals surface area contributed by atoms with E-state index < -0.39 is 17.5 Å². The Morgan fingerprint density at radius 3 is 2.60 bits per heavy atom. The van der Waals surface area contributed by atoms with Gasteiger partial charge in [-0.3, -0.25) is 4.68 Å². The lowest BCUT2D eigenvalue weighted by Gasteiger charge is -2.24. The predicted molar refractivity (Wildman–Crippen MR) is 74.3 cm³/mol. The third kappa shape index (κ3) is 3.72. The fourth-order valence-corrected chi connectivity index (χ4v) is 1.79. The highest BCUT2D eigenvalue weighted by atomic mass is 16.4. The Hall–Kier alpha value is -2.05. The summed E-state index contributed by atoms with van der Waals surface area (Å²) in [4.78, 5) is 22.9. The second-order valence-corrected chi connectivity index (χ2v) is 4.93. The summed E-state index contributed by atoms with van der Waals surface area (Å²) >= 11 is 0. The van der Waals surface area contributed by atoms with Gasteiger partial charge in [-0.25, -0.2) is 9.59 Å². The van der Waals surface area contributed by atoms with E-state index in [-0.39, 0.29) is 0 Å². The number of aliphatic carboxylic acids is 1. The molecule has 0 saturated heterocycles. The first-order chi connectivity index (χ1) is 9.32. The summed E-state index contributed by atoms with van der Waals surface area (Å²) in [6.45, 7) is 5.51. The third-order valence-corrected chi connectivity index (χ3v) is 3.33. The van der Waals surface area contributed by atoms with Crippen molar-refractivity contribution in [3.05, 3.63) is 17.5 Å². The van der Waals surface area contributed by atoms with E-state index in [0.29, 0.717) is 13.0 Å². The molecule has 0 radical (unpaired) electrons. The predicted octanol–water partition coefficient (Wildman–Crippen LogP) is 1.03. The smallest absolute Gasteiger partial charge is 0.329 e. The highest BCUT2D eigenvalue weighted by molar-refractivity contribution is 5.85. The summed E-state index contributed by atoms with van der Waals surface area (Å²) in [6.07, 6.45) is 2.93. The Kier molecular flexibility index (Phi) is 5.12. The van der Waals surface area contributed by atoms with Crippen LogP contribution in [0.2, 0.25) is 0 Å². The van der Waals surface area contributed by atoms with Crippen LogP contribution < -0.4 is 10.6 Å². The molecule has 0 aliphatic carbocycles. The summed E-state index contributed by atoms with van der Waals surface area (Å²) in [5, 5.41) is 18.5. The molecule has 1 heterocycles. The van der Waals surface area contributed by atoms with Gasteiger partial charge in [0.05, 0.1) is 5.69 Å². The van der Waals surface area contributed by atoms with Gasteiger partial charge in [0.1, 0.15) is 5.54 Å². The third-order valence-electron chi connectivity index (χ3n) is 3.33. The number of hydrogen-bond acceptors (Lipinski definition) is 3. The number of aromatic nitrogens is 2. The zero-order valence-electron chi connectivity index (χ0n) is 12.4. The maximum absolute atomic E-state index is 11.8. The van der Waals surface area contributed by atoms with Crippen LogP contribution in [-0.4, -0.2) is 32.4 Å². The summed E-state index contributed by atoms with van der Waals surface area (Å²) in [7, 11) is 1.82. The van der Waals surface area contributed by atoms with Crippen molar-refractivity contribution in [1.29, 1.82) is 0 Å². The van der Waals surface area contributed by atoms with E-state index in [9.17, 15) is 9.59 Å². The second-order valence-electron chi connectivity index (χ2n) is 4.93. The molecule has 3 N–H and O–H groups in total.